The maximum Gasteiger partial charge on any atom is 0.247 e. The standard InChI is InChI=1S/C17H14N6O2S/c1-26(24,25)14-5-2-4-12(8-14)15-6-3-7-16-21-17(22-23(15)16)20-13-9-18-11-19-10-13/h2-11H,1H3,(H,20,22). The predicted octanol–water partition coefficient (Wildman–Crippen LogP) is 2.33. The molecule has 0 aliphatic rings. The molecule has 3 aromatic heterocycles. The summed E-state index contributed by atoms with van der Waals surface area (Å²) in [5, 5.41) is 7.51. The van der Waals surface area contributed by atoms with Crippen LogP contribution >= 0.6 is 0 Å². The minimum atomic E-state index is -3.29. The van der Waals surface area contributed by atoms with E-state index in [1.807, 2.05) is 24.3 Å². The summed E-state index contributed by atoms with van der Waals surface area (Å²) >= 11 is 0. The number of aromatic nitrogens is 5. The lowest BCUT2D eigenvalue weighted by molar-refractivity contribution is 0.602. The summed E-state index contributed by atoms with van der Waals surface area (Å²) in [6.07, 6.45) is 5.87. The van der Waals surface area contributed by atoms with Gasteiger partial charge in [0.2, 0.25) is 5.95 Å². The highest BCUT2D eigenvalue weighted by atomic mass is 32.2. The van der Waals surface area contributed by atoms with Gasteiger partial charge in [0, 0.05) is 11.8 Å². The van der Waals surface area contributed by atoms with Crippen LogP contribution in [0.4, 0.5) is 11.6 Å². The van der Waals surface area contributed by atoms with Gasteiger partial charge in [-0.2, -0.15) is 4.98 Å². The Labute approximate surface area is 149 Å². The summed E-state index contributed by atoms with van der Waals surface area (Å²) in [7, 11) is -3.29. The minimum absolute atomic E-state index is 0.256. The Hall–Kier alpha value is -3.33. The molecular weight excluding hydrogens is 352 g/mol. The first-order chi connectivity index (χ1) is 12.5. The Morgan fingerprint density at radius 3 is 2.58 bits per heavy atom. The molecule has 0 saturated carbocycles. The minimum Gasteiger partial charge on any atom is -0.320 e. The van der Waals surface area contributed by atoms with Crippen LogP contribution in [0.2, 0.25) is 0 Å². The van der Waals surface area contributed by atoms with E-state index in [1.54, 1.807) is 35.1 Å². The van der Waals surface area contributed by atoms with Gasteiger partial charge in [-0.1, -0.05) is 18.2 Å². The Morgan fingerprint density at radius 2 is 1.81 bits per heavy atom. The predicted molar refractivity (Wildman–Crippen MR) is 96.8 cm³/mol. The Kier molecular flexibility index (Phi) is 3.85. The second-order valence-electron chi connectivity index (χ2n) is 5.67. The first-order valence-electron chi connectivity index (χ1n) is 7.69. The molecule has 1 aromatic carbocycles. The molecule has 3 heterocycles. The van der Waals surface area contributed by atoms with Crippen LogP contribution in [-0.4, -0.2) is 39.2 Å². The number of anilines is 2. The summed E-state index contributed by atoms with van der Waals surface area (Å²) in [5.41, 5.74) is 2.77. The second kappa shape index (κ2) is 6.19. The van der Waals surface area contributed by atoms with E-state index in [-0.39, 0.29) is 4.90 Å². The van der Waals surface area contributed by atoms with Crippen molar-refractivity contribution in [3.05, 3.63) is 61.2 Å². The molecule has 0 aliphatic heterocycles. The van der Waals surface area contributed by atoms with Crippen LogP contribution in [0.5, 0.6) is 0 Å². The normalized spacial score (nSPS) is 11.6. The summed E-state index contributed by atoms with van der Waals surface area (Å²) in [6.45, 7) is 0. The van der Waals surface area contributed by atoms with Gasteiger partial charge in [-0.25, -0.2) is 22.9 Å². The smallest absolute Gasteiger partial charge is 0.247 e. The fraction of sp³-hybridized carbons (Fsp3) is 0.0588. The molecule has 0 fully saturated rings. The molecule has 8 nitrogen and oxygen atoms in total. The van der Waals surface area contributed by atoms with E-state index >= 15 is 0 Å². The summed E-state index contributed by atoms with van der Waals surface area (Å²) in [6, 6.07) is 12.3. The second-order valence-corrected chi connectivity index (χ2v) is 7.68. The largest absolute Gasteiger partial charge is 0.320 e. The molecule has 0 radical (unpaired) electrons. The van der Waals surface area contributed by atoms with Gasteiger partial charge < -0.3 is 5.32 Å². The van der Waals surface area contributed by atoms with Gasteiger partial charge in [0.05, 0.1) is 28.7 Å². The van der Waals surface area contributed by atoms with Crippen molar-refractivity contribution in [2.45, 2.75) is 4.90 Å². The average Bonchev–Trinajstić information content (AvgIpc) is 3.04. The van der Waals surface area contributed by atoms with E-state index in [0.29, 0.717) is 17.3 Å². The zero-order valence-electron chi connectivity index (χ0n) is 13.7. The molecule has 0 unspecified atom stereocenters. The molecule has 0 atom stereocenters. The molecule has 0 aliphatic carbocycles. The maximum absolute atomic E-state index is 11.8. The first kappa shape index (κ1) is 16.2. The molecule has 9 heteroatoms. The number of benzene rings is 1. The summed E-state index contributed by atoms with van der Waals surface area (Å²) < 4.78 is 25.3. The average molecular weight is 366 g/mol. The van der Waals surface area contributed by atoms with Crippen molar-refractivity contribution in [3.8, 4) is 11.3 Å². The number of pyridine rings is 1. The highest BCUT2D eigenvalue weighted by molar-refractivity contribution is 7.90. The van der Waals surface area contributed by atoms with Crippen molar-refractivity contribution < 1.29 is 8.42 Å². The number of nitrogens with one attached hydrogen (secondary N) is 1. The Bertz CT molecular complexity index is 1190. The van der Waals surface area contributed by atoms with E-state index in [4.69, 9.17) is 0 Å². The first-order valence-corrected chi connectivity index (χ1v) is 9.58. The van der Waals surface area contributed by atoms with Gasteiger partial charge in [0.15, 0.2) is 15.5 Å². The molecule has 0 amide bonds. The number of nitrogens with zero attached hydrogens (tertiary/aromatic N) is 5. The van der Waals surface area contributed by atoms with Crippen LogP contribution < -0.4 is 5.32 Å². The molecule has 0 bridgehead atoms. The number of rotatable bonds is 4. The van der Waals surface area contributed by atoms with Crippen molar-refractivity contribution >= 4 is 27.1 Å². The number of sulfone groups is 1. The van der Waals surface area contributed by atoms with Crippen molar-refractivity contribution in [1.29, 1.82) is 0 Å². The molecule has 1 N–H and O–H groups in total. The van der Waals surface area contributed by atoms with Crippen molar-refractivity contribution in [3.63, 3.8) is 0 Å². The summed E-state index contributed by atoms with van der Waals surface area (Å²) in [4.78, 5) is 12.6. The van der Waals surface area contributed by atoms with E-state index in [0.717, 1.165) is 11.3 Å². The zero-order chi connectivity index (χ0) is 18.1. The molecule has 4 aromatic rings. The lowest BCUT2D eigenvalue weighted by Gasteiger charge is -2.06. The lowest BCUT2D eigenvalue weighted by Crippen LogP contribution is -1.99. The third-order valence-corrected chi connectivity index (χ3v) is 4.84. The number of hydrogen-bond donors (Lipinski definition) is 1. The number of hydrogen-bond acceptors (Lipinski definition) is 7. The molecule has 0 spiro atoms. The highest BCUT2D eigenvalue weighted by Crippen LogP contribution is 2.24. The van der Waals surface area contributed by atoms with Crippen molar-refractivity contribution in [2.24, 2.45) is 0 Å². The fourth-order valence-corrected chi connectivity index (χ4v) is 3.22. The quantitative estimate of drug-likeness (QED) is 0.591. The van der Waals surface area contributed by atoms with Crippen LogP contribution in [0.3, 0.4) is 0 Å². The van der Waals surface area contributed by atoms with Gasteiger partial charge in [-0.3, -0.25) is 0 Å². The molecule has 4 rings (SSSR count). The van der Waals surface area contributed by atoms with E-state index < -0.39 is 9.84 Å². The molecule has 130 valence electrons. The SMILES string of the molecule is CS(=O)(=O)c1cccc(-c2cccc3nc(Nc4cncnc4)nn23)c1. The van der Waals surface area contributed by atoms with Crippen LogP contribution in [-0.2, 0) is 9.84 Å². The van der Waals surface area contributed by atoms with E-state index in [9.17, 15) is 8.42 Å². The maximum atomic E-state index is 11.8. The van der Waals surface area contributed by atoms with Crippen LogP contribution in [0.25, 0.3) is 16.9 Å². The third-order valence-electron chi connectivity index (χ3n) is 3.73. The van der Waals surface area contributed by atoms with Gasteiger partial charge in [0.1, 0.15) is 6.33 Å². The lowest BCUT2D eigenvalue weighted by atomic mass is 10.1. The summed E-state index contributed by atoms with van der Waals surface area (Å²) in [5.74, 6) is 0.395. The van der Waals surface area contributed by atoms with Crippen LogP contribution in [0, 0.1) is 0 Å². The molecule has 26 heavy (non-hydrogen) atoms. The Morgan fingerprint density at radius 1 is 1.04 bits per heavy atom. The molecular formula is C17H14N6O2S. The van der Waals surface area contributed by atoms with Gasteiger partial charge in [-0.15, -0.1) is 5.10 Å². The highest BCUT2D eigenvalue weighted by Gasteiger charge is 2.12. The van der Waals surface area contributed by atoms with E-state index in [1.165, 1.54) is 12.6 Å². The topological polar surface area (TPSA) is 102 Å². The molecule has 0 saturated heterocycles. The van der Waals surface area contributed by atoms with Crippen molar-refractivity contribution in [1.82, 2.24) is 24.6 Å². The van der Waals surface area contributed by atoms with Crippen LogP contribution in [0.15, 0.2) is 66.1 Å². The van der Waals surface area contributed by atoms with Crippen molar-refractivity contribution in [2.75, 3.05) is 11.6 Å². The van der Waals surface area contributed by atoms with E-state index in [2.05, 4.69) is 25.4 Å². The number of fused-ring (bicyclic) bond motifs is 1. The third kappa shape index (κ3) is 3.11. The monoisotopic (exact) mass is 366 g/mol. The van der Waals surface area contributed by atoms with Gasteiger partial charge >= 0.3 is 0 Å². The Balaban J connectivity index is 1.79. The van der Waals surface area contributed by atoms with Gasteiger partial charge in [-0.05, 0) is 24.3 Å². The van der Waals surface area contributed by atoms with Crippen LogP contribution in [0.1, 0.15) is 0 Å². The van der Waals surface area contributed by atoms with Gasteiger partial charge in [0.25, 0.3) is 0 Å². The fourth-order valence-electron chi connectivity index (χ4n) is 2.56. The zero-order valence-corrected chi connectivity index (χ0v) is 14.6.